The van der Waals surface area contributed by atoms with Gasteiger partial charge in [0.1, 0.15) is 23.0 Å². The van der Waals surface area contributed by atoms with Gasteiger partial charge in [-0.3, -0.25) is 9.59 Å². The third kappa shape index (κ3) is 11.9. The summed E-state index contributed by atoms with van der Waals surface area (Å²) in [5.41, 5.74) is 0.836. The maximum absolute atomic E-state index is 11.7. The number of carbonyl (C=O) groups excluding carboxylic acids is 2. The minimum absolute atomic E-state index is 0.105. The van der Waals surface area contributed by atoms with E-state index >= 15 is 0 Å². The van der Waals surface area contributed by atoms with Crippen LogP contribution >= 0.6 is 0 Å². The summed E-state index contributed by atoms with van der Waals surface area (Å²) in [7, 11) is 1.51. The van der Waals surface area contributed by atoms with Gasteiger partial charge in [-0.25, -0.2) is 0 Å². The SMILES string of the molecule is CC(=O)OC(C)(C)C.CC1CC[C@H](C(=O)NC2(C#N)CC2)C1.CCN1CCN(c2ccc(C#COC)c(O)c2)CC1. The third-order valence-corrected chi connectivity index (χ3v) is 7.30. The van der Waals surface area contributed by atoms with Crippen molar-refractivity contribution in [2.24, 2.45) is 11.8 Å². The Morgan fingerprint density at radius 1 is 1.17 bits per heavy atom. The van der Waals surface area contributed by atoms with Gasteiger partial charge in [0.05, 0.1) is 18.7 Å². The highest BCUT2D eigenvalue weighted by molar-refractivity contribution is 5.80. The lowest BCUT2D eigenvalue weighted by atomic mass is 10.0. The number of piperazine rings is 1. The molecule has 41 heavy (non-hydrogen) atoms. The van der Waals surface area contributed by atoms with E-state index in [1.807, 2.05) is 32.9 Å². The smallest absolute Gasteiger partial charge is 0.303 e. The summed E-state index contributed by atoms with van der Waals surface area (Å²) in [5, 5.41) is 21.7. The van der Waals surface area contributed by atoms with Gasteiger partial charge in [-0.2, -0.15) is 5.26 Å². The Morgan fingerprint density at radius 3 is 2.24 bits per heavy atom. The molecule has 3 aliphatic rings. The number of ether oxygens (including phenoxy) is 2. The van der Waals surface area contributed by atoms with Crippen LogP contribution < -0.4 is 10.2 Å². The molecule has 0 spiro atoms. The van der Waals surface area contributed by atoms with Crippen LogP contribution in [0.3, 0.4) is 0 Å². The van der Waals surface area contributed by atoms with Crippen molar-refractivity contribution < 1.29 is 24.2 Å². The molecule has 2 saturated carbocycles. The zero-order chi connectivity index (χ0) is 30.6. The molecule has 2 aliphatic carbocycles. The summed E-state index contributed by atoms with van der Waals surface area (Å²) >= 11 is 0. The number of benzene rings is 1. The molecule has 1 aliphatic heterocycles. The maximum Gasteiger partial charge on any atom is 0.303 e. The van der Waals surface area contributed by atoms with E-state index in [2.05, 4.69) is 51.8 Å². The number of rotatable bonds is 4. The van der Waals surface area contributed by atoms with E-state index in [9.17, 15) is 14.7 Å². The van der Waals surface area contributed by atoms with E-state index < -0.39 is 5.54 Å². The summed E-state index contributed by atoms with van der Waals surface area (Å²) < 4.78 is 9.48. The minimum Gasteiger partial charge on any atom is -0.507 e. The summed E-state index contributed by atoms with van der Waals surface area (Å²) in [6.45, 7) is 16.5. The van der Waals surface area contributed by atoms with Crippen LogP contribution in [0.5, 0.6) is 5.75 Å². The Hall–Kier alpha value is -3.43. The van der Waals surface area contributed by atoms with Gasteiger partial charge >= 0.3 is 5.97 Å². The van der Waals surface area contributed by atoms with Crippen LogP contribution in [0.4, 0.5) is 5.69 Å². The fourth-order valence-electron chi connectivity index (χ4n) is 4.85. The number of anilines is 1. The highest BCUT2D eigenvalue weighted by Crippen LogP contribution is 2.37. The Morgan fingerprint density at radius 2 is 1.83 bits per heavy atom. The number of phenols is 1. The number of hydrogen-bond acceptors (Lipinski definition) is 8. The zero-order valence-electron chi connectivity index (χ0n) is 25.9. The fraction of sp³-hybridized carbons (Fsp3) is 0.656. The summed E-state index contributed by atoms with van der Waals surface area (Å²) in [4.78, 5) is 26.7. The maximum atomic E-state index is 11.7. The van der Waals surface area contributed by atoms with Crippen molar-refractivity contribution in [3.63, 3.8) is 0 Å². The standard InChI is InChI=1S/C15H20N2O2.C11H16N2O.C6H12O2/c1-3-16-7-9-17(10-8-16)14-5-4-13(6-11-19-2)15(18)12-14;1-8-2-3-9(6-8)10(14)13-11(7-12)4-5-11;1-5(7)8-6(2,3)4/h4-5,12,18H,3,7-10H2,1-2H3;8-9H,2-6H2,1H3,(H,13,14);1-4H3/t;8?,9-;/m.0./s1. The number of methoxy groups -OCH3 is 1. The van der Waals surface area contributed by atoms with Gasteiger partial charge in [-0.15, -0.1) is 0 Å². The number of hydrogen-bond donors (Lipinski definition) is 2. The number of esters is 1. The predicted octanol–water partition coefficient (Wildman–Crippen LogP) is 4.43. The zero-order valence-corrected chi connectivity index (χ0v) is 25.9. The minimum atomic E-state index is -0.483. The van der Waals surface area contributed by atoms with Gasteiger partial charge in [0, 0.05) is 50.8 Å². The average Bonchev–Trinajstić information content (AvgIpc) is 3.55. The molecule has 1 unspecified atom stereocenters. The molecule has 9 heteroatoms. The number of phenolic OH excluding ortho intramolecular Hbond substituents is 1. The lowest BCUT2D eigenvalue weighted by Crippen LogP contribution is -2.46. The Balaban J connectivity index is 0.000000235. The number of aromatic hydroxyl groups is 1. The molecule has 9 nitrogen and oxygen atoms in total. The van der Waals surface area contributed by atoms with Gasteiger partial charge in [0.25, 0.3) is 0 Å². The first-order valence-corrected chi connectivity index (χ1v) is 14.6. The first-order chi connectivity index (χ1) is 19.3. The van der Waals surface area contributed by atoms with Crippen LogP contribution in [0, 0.1) is 35.2 Å². The molecule has 1 aromatic carbocycles. The van der Waals surface area contributed by atoms with Crippen molar-refractivity contribution in [2.75, 3.05) is 44.7 Å². The average molecular weight is 569 g/mol. The van der Waals surface area contributed by atoms with Gasteiger partial charge in [-0.1, -0.05) is 13.8 Å². The number of likely N-dealkylation sites (N-methyl/N-ethyl adjacent to an activating group) is 1. The lowest BCUT2D eigenvalue weighted by molar-refractivity contribution is -0.151. The summed E-state index contributed by atoms with van der Waals surface area (Å²) in [5.74, 6) is 3.68. The van der Waals surface area contributed by atoms with Crippen molar-refractivity contribution in [3.05, 3.63) is 23.8 Å². The van der Waals surface area contributed by atoms with Crippen LogP contribution in [0.25, 0.3) is 0 Å². The second kappa shape index (κ2) is 15.5. The molecule has 1 aromatic rings. The first kappa shape index (κ1) is 33.8. The van der Waals surface area contributed by atoms with Gasteiger partial charge in [-0.05, 0) is 83.4 Å². The highest BCUT2D eigenvalue weighted by Gasteiger charge is 2.46. The molecular formula is C32H48N4O5. The van der Waals surface area contributed by atoms with Crippen LogP contribution in [0.15, 0.2) is 18.2 Å². The number of nitrogens with zero attached hydrogens (tertiary/aromatic N) is 3. The van der Waals surface area contributed by atoms with Gasteiger partial charge in [0.15, 0.2) is 0 Å². The number of nitriles is 1. The largest absolute Gasteiger partial charge is 0.507 e. The highest BCUT2D eigenvalue weighted by atomic mass is 16.6. The molecule has 3 fully saturated rings. The van der Waals surface area contributed by atoms with E-state index in [0.717, 1.165) is 70.5 Å². The summed E-state index contributed by atoms with van der Waals surface area (Å²) in [6.07, 6.45) is 7.29. The van der Waals surface area contributed by atoms with Crippen molar-refractivity contribution >= 4 is 17.6 Å². The molecule has 226 valence electrons. The molecule has 4 rings (SSSR count). The van der Waals surface area contributed by atoms with Gasteiger partial charge < -0.3 is 29.7 Å². The van der Waals surface area contributed by atoms with Crippen LogP contribution in [0.1, 0.15) is 79.2 Å². The molecule has 1 amide bonds. The molecule has 0 aromatic heterocycles. The van der Waals surface area contributed by atoms with E-state index in [1.165, 1.54) is 14.0 Å². The molecule has 1 heterocycles. The molecule has 1 saturated heterocycles. The second-order valence-corrected chi connectivity index (χ2v) is 12.1. The predicted molar refractivity (Wildman–Crippen MR) is 160 cm³/mol. The van der Waals surface area contributed by atoms with Crippen molar-refractivity contribution in [1.82, 2.24) is 10.2 Å². The van der Waals surface area contributed by atoms with Crippen molar-refractivity contribution in [1.29, 1.82) is 5.26 Å². The van der Waals surface area contributed by atoms with Gasteiger partial charge in [0.2, 0.25) is 5.91 Å². The van der Waals surface area contributed by atoms with Crippen molar-refractivity contribution in [3.8, 4) is 23.8 Å². The molecule has 0 radical (unpaired) electrons. The Kier molecular flexibility index (Phi) is 12.8. The number of carbonyl (C=O) groups is 2. The van der Waals surface area contributed by atoms with E-state index in [0.29, 0.717) is 11.5 Å². The molecule has 0 bridgehead atoms. The van der Waals surface area contributed by atoms with E-state index in [-0.39, 0.29) is 29.1 Å². The van der Waals surface area contributed by atoms with Crippen molar-refractivity contribution in [2.45, 2.75) is 84.8 Å². The number of amides is 1. The lowest BCUT2D eigenvalue weighted by Gasteiger charge is -2.35. The topological polar surface area (TPSA) is 115 Å². The van der Waals surface area contributed by atoms with E-state index in [1.54, 1.807) is 6.07 Å². The Bertz CT molecular complexity index is 1120. The van der Waals surface area contributed by atoms with Crippen LogP contribution in [-0.4, -0.2) is 72.9 Å². The monoisotopic (exact) mass is 568 g/mol. The quantitative estimate of drug-likeness (QED) is 0.405. The normalized spacial score (nSPS) is 20.9. The molecular weight excluding hydrogens is 520 g/mol. The molecule has 2 atom stereocenters. The fourth-order valence-corrected chi connectivity index (χ4v) is 4.85. The number of nitrogens with one attached hydrogen (secondary N) is 1. The summed E-state index contributed by atoms with van der Waals surface area (Å²) in [6, 6.07) is 7.80. The second-order valence-electron chi connectivity index (χ2n) is 12.1. The molecule has 2 N–H and O–H groups in total. The third-order valence-electron chi connectivity index (χ3n) is 7.30. The van der Waals surface area contributed by atoms with E-state index in [4.69, 9.17) is 10.00 Å². The first-order valence-electron chi connectivity index (χ1n) is 14.6. The van der Waals surface area contributed by atoms with Crippen LogP contribution in [-0.2, 0) is 19.1 Å². The van der Waals surface area contributed by atoms with Crippen LogP contribution in [0.2, 0.25) is 0 Å². The Labute approximate surface area is 246 Å².